The lowest BCUT2D eigenvalue weighted by atomic mass is 10.2. The van der Waals surface area contributed by atoms with Crippen molar-refractivity contribution in [3.05, 3.63) is 32.8 Å². The highest BCUT2D eigenvalue weighted by Gasteiger charge is 2.19. The number of nitrogens with zero attached hydrogens (tertiary/aromatic N) is 1. The van der Waals surface area contributed by atoms with Crippen LogP contribution in [-0.4, -0.2) is 29.9 Å². The first-order valence-electron chi connectivity index (χ1n) is 6.18. The summed E-state index contributed by atoms with van der Waals surface area (Å²) in [5, 5.41) is 10.9. The number of nitro benzene ring substituents is 1. The molecule has 0 radical (unpaired) electrons. The Hall–Kier alpha value is -1.96. The van der Waals surface area contributed by atoms with E-state index in [1.165, 1.54) is 12.1 Å². The van der Waals surface area contributed by atoms with Crippen molar-refractivity contribution in [1.29, 1.82) is 0 Å². The molecule has 0 aliphatic rings. The number of halogens is 1. The number of hydrogen-bond acceptors (Lipinski definition) is 6. The molecule has 0 saturated heterocycles. The fourth-order valence-electron chi connectivity index (χ4n) is 1.48. The van der Waals surface area contributed by atoms with E-state index in [1.54, 1.807) is 13.0 Å². The topological polar surface area (TPSA) is 95.7 Å². The Morgan fingerprint density at radius 3 is 2.67 bits per heavy atom. The predicted molar refractivity (Wildman–Crippen MR) is 77.2 cm³/mol. The fraction of sp³-hybridized carbons (Fsp3) is 0.385. The smallest absolute Gasteiger partial charge is 0.312 e. The second kappa shape index (κ2) is 8.35. The Balaban J connectivity index is 2.57. The first-order valence-corrected chi connectivity index (χ1v) is 6.98. The van der Waals surface area contributed by atoms with Gasteiger partial charge in [0.2, 0.25) is 5.75 Å². The van der Waals surface area contributed by atoms with Gasteiger partial charge in [-0.15, -0.1) is 0 Å². The molecule has 114 valence electrons. The van der Waals surface area contributed by atoms with Crippen LogP contribution in [0.25, 0.3) is 0 Å². The van der Waals surface area contributed by atoms with E-state index < -0.39 is 10.9 Å². The van der Waals surface area contributed by atoms with Gasteiger partial charge in [-0.3, -0.25) is 19.7 Å². The van der Waals surface area contributed by atoms with E-state index in [4.69, 9.17) is 9.47 Å². The summed E-state index contributed by atoms with van der Waals surface area (Å²) >= 11 is 3.13. The number of esters is 1. The number of para-hydroxylation sites is 1. The average Bonchev–Trinajstić information content (AvgIpc) is 2.43. The molecule has 0 bridgehead atoms. The van der Waals surface area contributed by atoms with Crippen molar-refractivity contribution < 1.29 is 24.0 Å². The number of carbonyl (C=O) groups excluding carboxylic acids is 2. The van der Waals surface area contributed by atoms with Gasteiger partial charge >= 0.3 is 11.7 Å². The summed E-state index contributed by atoms with van der Waals surface area (Å²) in [6.07, 6.45) is -0.0643. The van der Waals surface area contributed by atoms with Gasteiger partial charge in [-0.25, -0.2) is 0 Å². The van der Waals surface area contributed by atoms with Gasteiger partial charge in [0.1, 0.15) is 6.61 Å². The molecular formula is C13H14BrNO6. The number of carbonyl (C=O) groups is 2. The molecule has 0 heterocycles. The van der Waals surface area contributed by atoms with Crippen LogP contribution in [-0.2, 0) is 14.3 Å². The van der Waals surface area contributed by atoms with Crippen LogP contribution in [0.1, 0.15) is 19.8 Å². The first kappa shape index (κ1) is 17.1. The number of nitro groups is 1. The van der Waals surface area contributed by atoms with Gasteiger partial charge < -0.3 is 9.47 Å². The maximum atomic E-state index is 11.6. The van der Waals surface area contributed by atoms with Crippen LogP contribution in [0.2, 0.25) is 0 Å². The summed E-state index contributed by atoms with van der Waals surface area (Å²) in [5.74, 6) is -0.808. The van der Waals surface area contributed by atoms with E-state index in [-0.39, 0.29) is 43.3 Å². The minimum Gasteiger partial charge on any atom is -0.478 e. The second-order valence-electron chi connectivity index (χ2n) is 3.98. The number of ketones is 1. The lowest BCUT2D eigenvalue weighted by Crippen LogP contribution is -2.14. The molecule has 0 atom stereocenters. The van der Waals surface area contributed by atoms with Crippen molar-refractivity contribution in [2.45, 2.75) is 19.8 Å². The summed E-state index contributed by atoms with van der Waals surface area (Å²) in [6, 6.07) is 4.35. The highest BCUT2D eigenvalue weighted by atomic mass is 79.9. The Labute approximate surface area is 129 Å². The molecule has 8 heteroatoms. The van der Waals surface area contributed by atoms with E-state index in [9.17, 15) is 19.7 Å². The Morgan fingerprint density at radius 1 is 1.33 bits per heavy atom. The van der Waals surface area contributed by atoms with Crippen LogP contribution in [0.3, 0.4) is 0 Å². The summed E-state index contributed by atoms with van der Waals surface area (Å²) in [7, 11) is 0. The average molecular weight is 360 g/mol. The summed E-state index contributed by atoms with van der Waals surface area (Å²) in [5.41, 5.74) is -0.234. The monoisotopic (exact) mass is 359 g/mol. The maximum absolute atomic E-state index is 11.6. The van der Waals surface area contributed by atoms with Crippen molar-refractivity contribution >= 4 is 33.4 Å². The SMILES string of the molecule is CCOC(=O)CCC(=O)COc1c(Br)cccc1[N+](=O)[O-]. The van der Waals surface area contributed by atoms with Gasteiger partial charge in [-0.05, 0) is 28.9 Å². The number of rotatable bonds is 8. The molecule has 0 aliphatic carbocycles. The van der Waals surface area contributed by atoms with E-state index in [0.717, 1.165) is 0 Å². The molecule has 0 aromatic heterocycles. The third kappa shape index (κ3) is 5.50. The minimum absolute atomic E-state index is 0.00742. The van der Waals surface area contributed by atoms with Crippen molar-refractivity contribution in [1.82, 2.24) is 0 Å². The van der Waals surface area contributed by atoms with Crippen LogP contribution >= 0.6 is 15.9 Å². The number of ether oxygens (including phenoxy) is 2. The van der Waals surface area contributed by atoms with Gasteiger partial charge in [0.25, 0.3) is 0 Å². The van der Waals surface area contributed by atoms with Crippen LogP contribution in [0.5, 0.6) is 5.75 Å². The third-order valence-electron chi connectivity index (χ3n) is 2.43. The van der Waals surface area contributed by atoms with E-state index >= 15 is 0 Å². The van der Waals surface area contributed by atoms with E-state index in [2.05, 4.69) is 15.9 Å². The van der Waals surface area contributed by atoms with Crippen LogP contribution < -0.4 is 4.74 Å². The standard InChI is InChI=1S/C13H14BrNO6/c1-2-20-12(17)7-6-9(16)8-21-13-10(14)4-3-5-11(13)15(18)19/h3-5H,2,6-8H2,1H3. The van der Waals surface area contributed by atoms with Crippen molar-refractivity contribution in [2.24, 2.45) is 0 Å². The predicted octanol–water partition coefficient (Wildman–Crippen LogP) is 2.65. The molecule has 1 aromatic rings. The number of hydrogen-bond donors (Lipinski definition) is 0. The van der Waals surface area contributed by atoms with Crippen molar-refractivity contribution in [3.8, 4) is 5.75 Å². The molecule has 0 fully saturated rings. The normalized spacial score (nSPS) is 10.0. The molecule has 7 nitrogen and oxygen atoms in total. The van der Waals surface area contributed by atoms with Crippen molar-refractivity contribution in [2.75, 3.05) is 13.2 Å². The zero-order chi connectivity index (χ0) is 15.8. The Bertz CT molecular complexity index is 545. The van der Waals surface area contributed by atoms with Gasteiger partial charge in [0.05, 0.1) is 22.4 Å². The van der Waals surface area contributed by atoms with Crippen LogP contribution in [0, 0.1) is 10.1 Å². The summed E-state index contributed by atoms with van der Waals surface area (Å²) in [4.78, 5) is 33.0. The molecule has 0 spiro atoms. The van der Waals surface area contributed by atoms with Gasteiger partial charge in [-0.1, -0.05) is 6.07 Å². The zero-order valence-corrected chi connectivity index (χ0v) is 12.9. The third-order valence-corrected chi connectivity index (χ3v) is 3.06. The molecular weight excluding hydrogens is 346 g/mol. The molecule has 1 rings (SSSR count). The van der Waals surface area contributed by atoms with Gasteiger partial charge in [0, 0.05) is 12.5 Å². The molecule has 1 aromatic carbocycles. The van der Waals surface area contributed by atoms with E-state index in [0.29, 0.717) is 4.47 Å². The van der Waals surface area contributed by atoms with Gasteiger partial charge in [0.15, 0.2) is 5.78 Å². The quantitative estimate of drug-likeness (QED) is 0.402. The largest absolute Gasteiger partial charge is 0.478 e. The summed E-state index contributed by atoms with van der Waals surface area (Å²) in [6.45, 7) is 1.59. The Kier molecular flexibility index (Phi) is 6.80. The molecule has 0 saturated carbocycles. The molecule has 0 unspecified atom stereocenters. The number of benzene rings is 1. The first-order chi connectivity index (χ1) is 9.95. The Morgan fingerprint density at radius 2 is 2.05 bits per heavy atom. The zero-order valence-electron chi connectivity index (χ0n) is 11.3. The van der Waals surface area contributed by atoms with Gasteiger partial charge in [-0.2, -0.15) is 0 Å². The second-order valence-corrected chi connectivity index (χ2v) is 4.83. The highest BCUT2D eigenvalue weighted by Crippen LogP contribution is 2.34. The lowest BCUT2D eigenvalue weighted by molar-refractivity contribution is -0.385. The van der Waals surface area contributed by atoms with Crippen LogP contribution in [0.4, 0.5) is 5.69 Å². The molecule has 0 N–H and O–H groups in total. The van der Waals surface area contributed by atoms with Crippen LogP contribution in [0.15, 0.2) is 22.7 Å². The van der Waals surface area contributed by atoms with E-state index in [1.807, 2.05) is 0 Å². The number of Topliss-reactive ketones (excluding diaryl/α,β-unsaturated/α-hetero) is 1. The highest BCUT2D eigenvalue weighted by molar-refractivity contribution is 9.10. The molecule has 21 heavy (non-hydrogen) atoms. The lowest BCUT2D eigenvalue weighted by Gasteiger charge is -2.08. The molecule has 0 amide bonds. The fourth-order valence-corrected chi connectivity index (χ4v) is 1.95. The minimum atomic E-state index is -0.594. The van der Waals surface area contributed by atoms with Crippen molar-refractivity contribution in [3.63, 3.8) is 0 Å². The summed E-state index contributed by atoms with van der Waals surface area (Å²) < 4.78 is 10.3. The molecule has 0 aliphatic heterocycles. The maximum Gasteiger partial charge on any atom is 0.312 e.